The molecule has 1 aliphatic rings. The van der Waals surface area contributed by atoms with E-state index in [9.17, 15) is 0 Å². The second-order valence-electron chi connectivity index (χ2n) is 9.65. The van der Waals surface area contributed by atoms with Crippen molar-refractivity contribution in [2.75, 3.05) is 13.6 Å². The molecule has 0 amide bonds. The molecule has 1 heterocycles. The Morgan fingerprint density at radius 2 is 1.79 bits per heavy atom. The van der Waals surface area contributed by atoms with Gasteiger partial charge in [0.05, 0.1) is 17.1 Å². The van der Waals surface area contributed by atoms with E-state index in [0.717, 1.165) is 37.2 Å². The van der Waals surface area contributed by atoms with Gasteiger partial charge < -0.3 is 4.90 Å². The number of nitrogens with zero attached hydrogens (tertiary/aromatic N) is 3. The van der Waals surface area contributed by atoms with E-state index in [-0.39, 0.29) is 5.92 Å². The van der Waals surface area contributed by atoms with Crippen LogP contribution in [-0.4, -0.2) is 28.3 Å². The van der Waals surface area contributed by atoms with E-state index in [0.29, 0.717) is 0 Å². The van der Waals surface area contributed by atoms with Crippen LogP contribution in [0.15, 0.2) is 84.6 Å². The first-order valence-electron chi connectivity index (χ1n) is 12.3. The van der Waals surface area contributed by atoms with Gasteiger partial charge in [-0.3, -0.25) is 0 Å². The summed E-state index contributed by atoms with van der Waals surface area (Å²) in [7, 11) is 2.17. The molecule has 3 aromatic rings. The van der Waals surface area contributed by atoms with Gasteiger partial charge in [0.1, 0.15) is 0 Å². The predicted molar refractivity (Wildman–Crippen MR) is 144 cm³/mol. The summed E-state index contributed by atoms with van der Waals surface area (Å²) < 4.78 is 2.13. The van der Waals surface area contributed by atoms with E-state index in [2.05, 4.69) is 118 Å². The normalized spacial score (nSPS) is 14.4. The van der Waals surface area contributed by atoms with E-state index in [4.69, 9.17) is 5.10 Å². The summed E-state index contributed by atoms with van der Waals surface area (Å²) in [6.45, 7) is 14.0. The standard InChI is InChI=1S/C31H37N3/c1-7-33(6)28-17-13-25(14-18-28)31-21-27(32-34(31)29-15-11-23(4)12-16-29)20-30(22(2)3)26-10-8-9-24(5)19-26/h8-13,15-17,19,21,30H,2,7,14,18,20H2,1,3-6H3. The molecule has 4 rings (SSSR count). The van der Waals surface area contributed by atoms with Gasteiger partial charge in [-0.1, -0.05) is 65.8 Å². The summed E-state index contributed by atoms with van der Waals surface area (Å²) in [6, 6.07) is 19.7. The summed E-state index contributed by atoms with van der Waals surface area (Å²) in [5.41, 5.74) is 11.2. The van der Waals surface area contributed by atoms with Gasteiger partial charge in [-0.2, -0.15) is 5.10 Å². The molecule has 1 atom stereocenters. The van der Waals surface area contributed by atoms with Crippen molar-refractivity contribution in [1.29, 1.82) is 0 Å². The number of hydrogen-bond acceptors (Lipinski definition) is 2. The van der Waals surface area contributed by atoms with Gasteiger partial charge in [0.2, 0.25) is 0 Å². The van der Waals surface area contributed by atoms with Crippen LogP contribution in [0.3, 0.4) is 0 Å². The van der Waals surface area contributed by atoms with Crippen LogP contribution in [0.4, 0.5) is 0 Å². The highest BCUT2D eigenvalue weighted by Crippen LogP contribution is 2.33. The molecular formula is C31H37N3. The Labute approximate surface area is 205 Å². The highest BCUT2D eigenvalue weighted by atomic mass is 15.3. The molecule has 0 spiro atoms. The van der Waals surface area contributed by atoms with E-state index < -0.39 is 0 Å². The van der Waals surface area contributed by atoms with E-state index >= 15 is 0 Å². The van der Waals surface area contributed by atoms with Crippen LogP contribution in [0.5, 0.6) is 0 Å². The van der Waals surface area contributed by atoms with Gasteiger partial charge in [0, 0.05) is 31.6 Å². The minimum absolute atomic E-state index is 0.249. The third-order valence-electron chi connectivity index (χ3n) is 6.91. The maximum Gasteiger partial charge on any atom is 0.0703 e. The third-order valence-corrected chi connectivity index (χ3v) is 6.91. The molecule has 176 valence electrons. The van der Waals surface area contributed by atoms with Crippen molar-refractivity contribution >= 4 is 5.57 Å². The monoisotopic (exact) mass is 451 g/mol. The van der Waals surface area contributed by atoms with Crippen LogP contribution >= 0.6 is 0 Å². The number of hydrogen-bond donors (Lipinski definition) is 0. The van der Waals surface area contributed by atoms with Crippen molar-refractivity contribution in [3.05, 3.63) is 113 Å². The van der Waals surface area contributed by atoms with Crippen LogP contribution in [0.25, 0.3) is 11.3 Å². The lowest BCUT2D eigenvalue weighted by atomic mass is 9.88. The van der Waals surface area contributed by atoms with E-state index in [1.807, 2.05) is 0 Å². The van der Waals surface area contributed by atoms with E-state index in [1.165, 1.54) is 39.2 Å². The number of allylic oxidation sites excluding steroid dienone is 5. The van der Waals surface area contributed by atoms with Gasteiger partial charge in [-0.05, 0) is 75.9 Å². The van der Waals surface area contributed by atoms with Crippen molar-refractivity contribution < 1.29 is 0 Å². The largest absolute Gasteiger partial charge is 0.378 e. The number of aromatic nitrogens is 2. The summed E-state index contributed by atoms with van der Waals surface area (Å²) in [5, 5.41) is 5.13. The smallest absolute Gasteiger partial charge is 0.0703 e. The molecular weight excluding hydrogens is 414 g/mol. The maximum atomic E-state index is 5.13. The molecule has 3 heteroatoms. The summed E-state index contributed by atoms with van der Waals surface area (Å²) in [6.07, 6.45) is 7.49. The minimum Gasteiger partial charge on any atom is -0.378 e. The van der Waals surface area contributed by atoms with Crippen molar-refractivity contribution in [2.24, 2.45) is 0 Å². The predicted octanol–water partition coefficient (Wildman–Crippen LogP) is 7.40. The van der Waals surface area contributed by atoms with Crippen molar-refractivity contribution in [1.82, 2.24) is 14.7 Å². The van der Waals surface area contributed by atoms with Gasteiger partial charge in [0.25, 0.3) is 0 Å². The number of rotatable bonds is 8. The molecule has 0 radical (unpaired) electrons. The van der Waals surface area contributed by atoms with Gasteiger partial charge in [0.15, 0.2) is 0 Å². The first-order valence-corrected chi connectivity index (χ1v) is 12.3. The summed E-state index contributed by atoms with van der Waals surface area (Å²) in [5.74, 6) is 0.249. The zero-order valence-electron chi connectivity index (χ0n) is 21.3. The zero-order valence-corrected chi connectivity index (χ0v) is 21.3. The molecule has 0 aliphatic heterocycles. The Balaban J connectivity index is 1.73. The van der Waals surface area contributed by atoms with Crippen LogP contribution in [0, 0.1) is 13.8 Å². The molecule has 0 fully saturated rings. The first-order chi connectivity index (χ1) is 16.4. The van der Waals surface area contributed by atoms with E-state index in [1.54, 1.807) is 0 Å². The molecule has 34 heavy (non-hydrogen) atoms. The molecule has 0 saturated carbocycles. The lowest BCUT2D eigenvalue weighted by Crippen LogP contribution is -2.18. The lowest BCUT2D eigenvalue weighted by Gasteiger charge is -2.24. The fraction of sp³-hybridized carbons (Fsp3) is 0.323. The Hall–Kier alpha value is -3.33. The Bertz CT molecular complexity index is 1220. The van der Waals surface area contributed by atoms with Crippen molar-refractivity contribution in [2.45, 2.75) is 52.9 Å². The van der Waals surface area contributed by atoms with Crippen LogP contribution < -0.4 is 0 Å². The summed E-state index contributed by atoms with van der Waals surface area (Å²) in [4.78, 5) is 2.33. The number of aryl methyl sites for hydroxylation is 2. The van der Waals surface area contributed by atoms with Gasteiger partial charge in [-0.15, -0.1) is 0 Å². The molecule has 1 aromatic heterocycles. The maximum absolute atomic E-state index is 5.13. The molecule has 0 N–H and O–H groups in total. The first kappa shape index (κ1) is 23.8. The number of benzene rings is 2. The highest BCUT2D eigenvalue weighted by Gasteiger charge is 2.20. The third kappa shape index (κ3) is 5.25. The SMILES string of the molecule is C=C(C)C(Cc1cc(C2=CC=C(N(C)CC)CC2)n(-c2ccc(C)cc2)n1)c1cccc(C)c1. The average molecular weight is 452 g/mol. The second-order valence-corrected chi connectivity index (χ2v) is 9.65. The van der Waals surface area contributed by atoms with Crippen LogP contribution in [0.1, 0.15) is 60.7 Å². The molecule has 2 aromatic carbocycles. The zero-order chi connectivity index (χ0) is 24.2. The highest BCUT2D eigenvalue weighted by molar-refractivity contribution is 5.68. The Morgan fingerprint density at radius 3 is 2.41 bits per heavy atom. The van der Waals surface area contributed by atoms with Crippen LogP contribution in [0.2, 0.25) is 0 Å². The molecule has 0 bridgehead atoms. The fourth-order valence-electron chi connectivity index (χ4n) is 4.67. The van der Waals surface area contributed by atoms with Gasteiger partial charge >= 0.3 is 0 Å². The second kappa shape index (κ2) is 10.3. The van der Waals surface area contributed by atoms with Crippen molar-refractivity contribution in [3.63, 3.8) is 0 Å². The van der Waals surface area contributed by atoms with Gasteiger partial charge in [-0.25, -0.2) is 4.68 Å². The molecule has 1 aliphatic carbocycles. The quantitative estimate of drug-likeness (QED) is 0.333. The fourth-order valence-corrected chi connectivity index (χ4v) is 4.67. The molecule has 0 saturated heterocycles. The van der Waals surface area contributed by atoms with Crippen molar-refractivity contribution in [3.8, 4) is 5.69 Å². The Morgan fingerprint density at radius 1 is 1.03 bits per heavy atom. The molecule has 1 unspecified atom stereocenters. The molecule has 3 nitrogen and oxygen atoms in total. The average Bonchev–Trinajstić information content (AvgIpc) is 3.26. The minimum atomic E-state index is 0.249. The lowest BCUT2D eigenvalue weighted by molar-refractivity contribution is 0.423. The van der Waals surface area contributed by atoms with Crippen LogP contribution in [-0.2, 0) is 6.42 Å². The topological polar surface area (TPSA) is 21.1 Å². The Kier molecular flexibility index (Phi) is 7.21. The summed E-state index contributed by atoms with van der Waals surface area (Å²) >= 11 is 0.